The van der Waals surface area contributed by atoms with Gasteiger partial charge in [-0.25, -0.2) is 9.37 Å². The fraction of sp³-hybridized carbons (Fsp3) is 0.350. The number of nitrogens with one attached hydrogen (secondary N) is 1. The number of benzene rings is 1. The van der Waals surface area contributed by atoms with Gasteiger partial charge in [0.15, 0.2) is 0 Å². The summed E-state index contributed by atoms with van der Waals surface area (Å²) in [7, 11) is 1.63. The Balaban J connectivity index is 1.50. The third kappa shape index (κ3) is 4.05. The number of halogens is 1. The molecule has 1 aliphatic heterocycles. The molecule has 1 fully saturated rings. The van der Waals surface area contributed by atoms with Gasteiger partial charge in [-0.2, -0.15) is 4.98 Å². The summed E-state index contributed by atoms with van der Waals surface area (Å²) in [5.41, 5.74) is 2.46. The SMILES string of the molecule is COc1ccc(-c2cc(Nc3cc(C)nc(N4CCC(F)CC4)n3)on2)cc1. The first-order chi connectivity index (χ1) is 13.6. The van der Waals surface area contributed by atoms with Crippen LogP contribution in [-0.4, -0.2) is 41.5 Å². The molecule has 1 aliphatic rings. The average molecular weight is 383 g/mol. The minimum absolute atomic E-state index is 0.484. The lowest BCUT2D eigenvalue weighted by molar-refractivity contribution is 0.276. The molecule has 28 heavy (non-hydrogen) atoms. The van der Waals surface area contributed by atoms with Crippen molar-refractivity contribution in [2.24, 2.45) is 0 Å². The van der Waals surface area contributed by atoms with E-state index in [4.69, 9.17) is 9.26 Å². The highest BCUT2D eigenvalue weighted by Crippen LogP contribution is 2.26. The van der Waals surface area contributed by atoms with E-state index in [0.717, 1.165) is 17.0 Å². The summed E-state index contributed by atoms with van der Waals surface area (Å²) in [4.78, 5) is 11.1. The van der Waals surface area contributed by atoms with Gasteiger partial charge in [-0.3, -0.25) is 0 Å². The van der Waals surface area contributed by atoms with Crippen molar-refractivity contribution < 1.29 is 13.7 Å². The van der Waals surface area contributed by atoms with Crippen LogP contribution < -0.4 is 15.0 Å². The summed E-state index contributed by atoms with van der Waals surface area (Å²) in [6.07, 6.45) is 0.282. The molecule has 0 amide bonds. The molecule has 3 aromatic rings. The Labute approximate surface area is 162 Å². The van der Waals surface area contributed by atoms with Crippen LogP contribution in [0.5, 0.6) is 5.75 Å². The normalized spacial score (nSPS) is 14.9. The second-order valence-electron chi connectivity index (χ2n) is 6.79. The van der Waals surface area contributed by atoms with E-state index in [1.165, 1.54) is 0 Å². The number of aromatic nitrogens is 3. The number of anilines is 3. The molecule has 2 aromatic heterocycles. The van der Waals surface area contributed by atoms with Crippen molar-refractivity contribution in [2.75, 3.05) is 30.4 Å². The van der Waals surface area contributed by atoms with E-state index >= 15 is 0 Å². The summed E-state index contributed by atoms with van der Waals surface area (Å²) in [5.74, 6) is 2.48. The van der Waals surface area contributed by atoms with Crippen molar-refractivity contribution in [3.05, 3.63) is 42.1 Å². The van der Waals surface area contributed by atoms with Crippen molar-refractivity contribution in [3.8, 4) is 17.0 Å². The maximum absolute atomic E-state index is 13.4. The smallest absolute Gasteiger partial charge is 0.230 e. The Morgan fingerprint density at radius 2 is 1.89 bits per heavy atom. The van der Waals surface area contributed by atoms with E-state index in [0.29, 0.717) is 49.3 Å². The molecule has 0 unspecified atom stereocenters. The molecule has 1 N–H and O–H groups in total. The first-order valence-electron chi connectivity index (χ1n) is 9.23. The fourth-order valence-electron chi connectivity index (χ4n) is 3.16. The molecule has 0 spiro atoms. The monoisotopic (exact) mass is 383 g/mol. The number of nitrogens with zero attached hydrogens (tertiary/aromatic N) is 4. The van der Waals surface area contributed by atoms with Crippen LogP contribution >= 0.6 is 0 Å². The van der Waals surface area contributed by atoms with Gasteiger partial charge in [-0.05, 0) is 44.0 Å². The number of hydrogen-bond acceptors (Lipinski definition) is 7. The molecule has 146 valence electrons. The fourth-order valence-corrected chi connectivity index (χ4v) is 3.16. The van der Waals surface area contributed by atoms with Crippen LogP contribution in [0.1, 0.15) is 18.5 Å². The van der Waals surface area contributed by atoms with Crippen LogP contribution in [0.3, 0.4) is 0 Å². The first kappa shape index (κ1) is 18.2. The zero-order valence-corrected chi connectivity index (χ0v) is 15.9. The summed E-state index contributed by atoms with van der Waals surface area (Å²) < 4.78 is 24.0. The maximum Gasteiger partial charge on any atom is 0.230 e. The topological polar surface area (TPSA) is 76.3 Å². The van der Waals surface area contributed by atoms with Gasteiger partial charge in [0.2, 0.25) is 11.8 Å². The second-order valence-corrected chi connectivity index (χ2v) is 6.79. The molecular formula is C20H22FN5O2. The van der Waals surface area contributed by atoms with Crippen LogP contribution in [0.4, 0.5) is 22.0 Å². The van der Waals surface area contributed by atoms with Crippen LogP contribution in [0.15, 0.2) is 40.9 Å². The van der Waals surface area contributed by atoms with Gasteiger partial charge in [-0.15, -0.1) is 0 Å². The minimum atomic E-state index is -0.732. The quantitative estimate of drug-likeness (QED) is 0.710. The highest BCUT2D eigenvalue weighted by molar-refractivity contribution is 5.64. The summed E-state index contributed by atoms with van der Waals surface area (Å²) in [6, 6.07) is 11.2. The summed E-state index contributed by atoms with van der Waals surface area (Å²) in [6.45, 7) is 3.14. The number of aryl methyl sites for hydroxylation is 1. The van der Waals surface area contributed by atoms with Crippen LogP contribution in [0.2, 0.25) is 0 Å². The van der Waals surface area contributed by atoms with Crippen molar-refractivity contribution >= 4 is 17.7 Å². The molecule has 0 saturated carbocycles. The van der Waals surface area contributed by atoms with Gasteiger partial charge in [0.1, 0.15) is 23.4 Å². The number of piperidine rings is 1. The number of rotatable bonds is 5. The molecule has 0 radical (unpaired) electrons. The van der Waals surface area contributed by atoms with Gasteiger partial charge in [0.25, 0.3) is 0 Å². The Morgan fingerprint density at radius 1 is 1.14 bits per heavy atom. The van der Waals surface area contributed by atoms with Crippen LogP contribution in [0, 0.1) is 6.92 Å². The van der Waals surface area contributed by atoms with Crippen molar-refractivity contribution in [1.29, 1.82) is 0 Å². The molecule has 8 heteroatoms. The summed E-state index contributed by atoms with van der Waals surface area (Å²) >= 11 is 0. The van der Waals surface area contributed by atoms with Gasteiger partial charge in [0, 0.05) is 36.5 Å². The van der Waals surface area contributed by atoms with Crippen molar-refractivity contribution in [2.45, 2.75) is 25.9 Å². The van der Waals surface area contributed by atoms with E-state index in [-0.39, 0.29) is 0 Å². The number of alkyl halides is 1. The standard InChI is InChI=1S/C20H22FN5O2/c1-13-11-18(24-20(22-13)26-9-7-15(21)8-10-26)23-19-12-17(25-28-19)14-3-5-16(27-2)6-4-14/h3-6,11-12,15H,7-10H2,1-2H3,(H,22,23,24). The van der Waals surface area contributed by atoms with Crippen LogP contribution in [-0.2, 0) is 0 Å². The second kappa shape index (κ2) is 7.84. The largest absolute Gasteiger partial charge is 0.497 e. The van der Waals surface area contributed by atoms with Gasteiger partial charge in [0.05, 0.1) is 7.11 Å². The zero-order valence-electron chi connectivity index (χ0n) is 15.9. The third-order valence-corrected chi connectivity index (χ3v) is 4.70. The van der Waals surface area contributed by atoms with Crippen LogP contribution in [0.25, 0.3) is 11.3 Å². The van der Waals surface area contributed by atoms with Crippen molar-refractivity contribution in [1.82, 2.24) is 15.1 Å². The molecule has 1 saturated heterocycles. The lowest BCUT2D eigenvalue weighted by Gasteiger charge is -2.28. The predicted molar refractivity (Wildman–Crippen MR) is 105 cm³/mol. The molecule has 7 nitrogen and oxygen atoms in total. The summed E-state index contributed by atoms with van der Waals surface area (Å²) in [5, 5.41) is 7.25. The van der Waals surface area contributed by atoms with E-state index in [1.807, 2.05) is 48.2 Å². The van der Waals surface area contributed by atoms with Gasteiger partial charge in [-0.1, -0.05) is 5.16 Å². The molecule has 3 heterocycles. The minimum Gasteiger partial charge on any atom is -0.497 e. The van der Waals surface area contributed by atoms with Crippen molar-refractivity contribution in [3.63, 3.8) is 0 Å². The predicted octanol–water partition coefficient (Wildman–Crippen LogP) is 4.13. The van der Waals surface area contributed by atoms with E-state index < -0.39 is 6.17 Å². The third-order valence-electron chi connectivity index (χ3n) is 4.70. The molecular weight excluding hydrogens is 361 g/mol. The highest BCUT2D eigenvalue weighted by atomic mass is 19.1. The Kier molecular flexibility index (Phi) is 5.10. The Morgan fingerprint density at radius 3 is 2.61 bits per heavy atom. The highest BCUT2D eigenvalue weighted by Gasteiger charge is 2.21. The Bertz CT molecular complexity index is 936. The molecule has 4 rings (SSSR count). The van der Waals surface area contributed by atoms with E-state index in [2.05, 4.69) is 20.4 Å². The Hall–Kier alpha value is -3.16. The number of methoxy groups -OCH3 is 1. The van der Waals surface area contributed by atoms with Gasteiger partial charge >= 0.3 is 0 Å². The number of hydrogen-bond donors (Lipinski definition) is 1. The molecule has 0 bridgehead atoms. The average Bonchev–Trinajstić information content (AvgIpc) is 3.16. The first-order valence-corrected chi connectivity index (χ1v) is 9.23. The molecule has 0 aliphatic carbocycles. The maximum atomic E-state index is 13.4. The van der Waals surface area contributed by atoms with Gasteiger partial charge < -0.3 is 19.5 Å². The zero-order chi connectivity index (χ0) is 19.5. The number of ether oxygens (including phenoxy) is 1. The van der Waals surface area contributed by atoms with E-state index in [9.17, 15) is 4.39 Å². The lowest BCUT2D eigenvalue weighted by Crippen LogP contribution is -2.35. The lowest BCUT2D eigenvalue weighted by atomic mass is 10.1. The van der Waals surface area contributed by atoms with E-state index in [1.54, 1.807) is 7.11 Å². The molecule has 0 atom stereocenters. The molecule has 1 aromatic carbocycles.